The van der Waals surface area contributed by atoms with Gasteiger partial charge in [-0.1, -0.05) is 27.5 Å². The smallest absolute Gasteiger partial charge is 0.139 e. The predicted molar refractivity (Wildman–Crippen MR) is 96.6 cm³/mol. The quantitative estimate of drug-likeness (QED) is 0.525. The maximum atomic E-state index is 10.7. The lowest BCUT2D eigenvalue weighted by molar-refractivity contribution is 0.213. The minimum atomic E-state index is -0.815. The van der Waals surface area contributed by atoms with E-state index in [1.54, 1.807) is 19.2 Å². The highest BCUT2D eigenvalue weighted by molar-refractivity contribution is 14.1. The van der Waals surface area contributed by atoms with Gasteiger partial charge in [0, 0.05) is 18.6 Å². The molecule has 6 heteroatoms. The van der Waals surface area contributed by atoms with Gasteiger partial charge in [-0.2, -0.15) is 0 Å². The maximum Gasteiger partial charge on any atom is 0.139 e. The molecule has 0 amide bonds. The number of hydrogen-bond donors (Lipinski definition) is 1. The van der Waals surface area contributed by atoms with Crippen LogP contribution in [0.5, 0.6) is 5.75 Å². The molecule has 0 heterocycles. The summed E-state index contributed by atoms with van der Waals surface area (Å²) in [4.78, 5) is 0. The van der Waals surface area contributed by atoms with E-state index in [0.29, 0.717) is 20.8 Å². The number of methoxy groups -OCH3 is 1. The van der Waals surface area contributed by atoms with Crippen molar-refractivity contribution in [3.8, 4) is 5.75 Å². The molecule has 20 heavy (non-hydrogen) atoms. The third-order valence-corrected chi connectivity index (χ3v) is 5.07. The van der Waals surface area contributed by atoms with E-state index < -0.39 is 6.10 Å². The average molecular weight is 532 g/mol. The maximum absolute atomic E-state index is 10.7. The second kappa shape index (κ2) is 6.96. The van der Waals surface area contributed by atoms with Crippen molar-refractivity contribution in [1.82, 2.24) is 0 Å². The van der Waals surface area contributed by atoms with Crippen molar-refractivity contribution in [2.45, 2.75) is 6.10 Å². The van der Waals surface area contributed by atoms with Crippen molar-refractivity contribution in [2.75, 3.05) is 7.11 Å². The molecule has 0 aromatic heterocycles. The normalized spacial score (nSPS) is 12.3. The van der Waals surface area contributed by atoms with Gasteiger partial charge in [-0.3, -0.25) is 0 Å². The van der Waals surface area contributed by atoms with Crippen LogP contribution in [0.4, 0.5) is 0 Å². The van der Waals surface area contributed by atoms with Crippen molar-refractivity contribution in [3.05, 3.63) is 59.0 Å². The first-order valence-electron chi connectivity index (χ1n) is 5.60. The van der Waals surface area contributed by atoms with Crippen molar-refractivity contribution < 1.29 is 9.84 Å². The molecule has 0 bridgehead atoms. The van der Waals surface area contributed by atoms with E-state index in [1.165, 1.54) is 0 Å². The third-order valence-electron chi connectivity index (χ3n) is 2.79. The average Bonchev–Trinajstić information content (AvgIpc) is 2.40. The van der Waals surface area contributed by atoms with E-state index in [0.717, 1.165) is 13.6 Å². The number of rotatable bonds is 3. The molecular weight excluding hydrogens is 522 g/mol. The second-order valence-corrected chi connectivity index (χ2v) is 7.45. The van der Waals surface area contributed by atoms with Crippen LogP contribution < -0.4 is 4.74 Å². The molecule has 1 unspecified atom stereocenters. The fourth-order valence-electron chi connectivity index (χ4n) is 1.89. The van der Waals surface area contributed by atoms with Gasteiger partial charge in [-0.25, -0.2) is 0 Å². The molecule has 2 aromatic carbocycles. The first-order chi connectivity index (χ1) is 9.43. The molecule has 0 fully saturated rings. The zero-order valence-corrected chi connectivity index (χ0v) is 16.4. The zero-order valence-electron chi connectivity index (χ0n) is 10.3. The summed E-state index contributed by atoms with van der Waals surface area (Å²) in [7, 11) is 1.57. The Kier molecular flexibility index (Phi) is 5.76. The van der Waals surface area contributed by atoms with Crippen LogP contribution in [0.15, 0.2) is 39.3 Å². The molecule has 1 N–H and O–H groups in total. The highest BCUT2D eigenvalue weighted by Gasteiger charge is 2.20. The molecule has 0 saturated heterocycles. The van der Waals surface area contributed by atoms with Crippen LogP contribution in [0, 0.1) is 3.57 Å². The summed E-state index contributed by atoms with van der Waals surface area (Å²) in [6.45, 7) is 0. The van der Waals surface area contributed by atoms with Crippen molar-refractivity contribution in [1.29, 1.82) is 0 Å². The summed E-state index contributed by atoms with van der Waals surface area (Å²) >= 11 is 15.1. The number of hydrogen-bond acceptors (Lipinski definition) is 2. The Morgan fingerprint density at radius 3 is 2.55 bits per heavy atom. The number of halogens is 4. The highest BCUT2D eigenvalue weighted by atomic mass is 127. The van der Waals surface area contributed by atoms with Gasteiger partial charge < -0.3 is 9.84 Å². The fourth-order valence-corrected chi connectivity index (χ4v) is 3.90. The lowest BCUT2D eigenvalue weighted by atomic mass is 10.0. The Balaban J connectivity index is 2.58. The SMILES string of the molecule is COc1c(Br)cc(Cl)cc1C(O)c1cc(Br)ccc1I. The fraction of sp³-hybridized carbons (Fsp3) is 0.143. The van der Waals surface area contributed by atoms with Crippen molar-refractivity contribution >= 4 is 66.1 Å². The molecule has 2 aromatic rings. The van der Waals surface area contributed by atoms with Crippen LogP contribution in [0.25, 0.3) is 0 Å². The summed E-state index contributed by atoms with van der Waals surface area (Å²) < 4.78 is 7.96. The van der Waals surface area contributed by atoms with Gasteiger partial charge in [-0.05, 0) is 74.4 Å². The van der Waals surface area contributed by atoms with E-state index in [9.17, 15) is 5.11 Å². The molecule has 0 aliphatic rings. The summed E-state index contributed by atoms with van der Waals surface area (Å²) in [5, 5.41) is 11.2. The largest absolute Gasteiger partial charge is 0.495 e. The standard InChI is InChI=1S/C14H10Br2ClIO2/c1-20-14-10(5-8(17)6-11(14)16)13(19)9-4-7(15)2-3-12(9)18/h2-6,13,19H,1H3. The van der Waals surface area contributed by atoms with Crippen molar-refractivity contribution in [2.24, 2.45) is 0 Å². The molecule has 0 spiro atoms. The number of aliphatic hydroxyl groups is 1. The topological polar surface area (TPSA) is 29.5 Å². The minimum Gasteiger partial charge on any atom is -0.495 e. The molecule has 1 atom stereocenters. The first kappa shape index (κ1) is 16.5. The van der Waals surface area contributed by atoms with Gasteiger partial charge >= 0.3 is 0 Å². The van der Waals surface area contributed by atoms with Gasteiger partial charge in [0.2, 0.25) is 0 Å². The number of aliphatic hydroxyl groups excluding tert-OH is 1. The molecular formula is C14H10Br2ClIO2. The Labute approximate surface area is 152 Å². The van der Waals surface area contributed by atoms with Gasteiger partial charge in [-0.15, -0.1) is 0 Å². The summed E-state index contributed by atoms with van der Waals surface area (Å²) in [5.74, 6) is 0.581. The Morgan fingerprint density at radius 1 is 1.20 bits per heavy atom. The van der Waals surface area contributed by atoms with Crippen LogP contribution in [0.3, 0.4) is 0 Å². The van der Waals surface area contributed by atoms with Crippen LogP contribution in [0.2, 0.25) is 5.02 Å². The van der Waals surface area contributed by atoms with E-state index in [1.807, 2.05) is 18.2 Å². The highest BCUT2D eigenvalue weighted by Crippen LogP contribution is 2.39. The first-order valence-corrected chi connectivity index (χ1v) is 8.64. The lowest BCUT2D eigenvalue weighted by Gasteiger charge is -2.18. The molecule has 0 saturated carbocycles. The molecule has 2 rings (SSSR count). The lowest BCUT2D eigenvalue weighted by Crippen LogP contribution is -2.05. The van der Waals surface area contributed by atoms with Gasteiger partial charge in [0.25, 0.3) is 0 Å². The summed E-state index contributed by atoms with van der Waals surface area (Å²) in [6.07, 6.45) is -0.815. The van der Waals surface area contributed by atoms with E-state index in [2.05, 4.69) is 54.5 Å². The van der Waals surface area contributed by atoms with Crippen LogP contribution >= 0.6 is 66.1 Å². The zero-order chi connectivity index (χ0) is 14.9. The monoisotopic (exact) mass is 530 g/mol. The minimum absolute atomic E-state index is 0.539. The molecule has 0 radical (unpaired) electrons. The molecule has 106 valence electrons. The summed E-state index contributed by atoms with van der Waals surface area (Å²) in [6, 6.07) is 9.22. The van der Waals surface area contributed by atoms with Gasteiger partial charge in [0.05, 0.1) is 11.6 Å². The number of ether oxygens (including phenoxy) is 1. The second-order valence-electron chi connectivity index (χ2n) is 4.08. The third kappa shape index (κ3) is 3.50. The van der Waals surface area contributed by atoms with Crippen LogP contribution in [0.1, 0.15) is 17.2 Å². The van der Waals surface area contributed by atoms with E-state index in [4.69, 9.17) is 16.3 Å². The Hall–Kier alpha value is 0.180. The molecule has 0 aliphatic carbocycles. The van der Waals surface area contributed by atoms with Gasteiger partial charge in [0.1, 0.15) is 11.9 Å². The molecule has 0 aliphatic heterocycles. The van der Waals surface area contributed by atoms with E-state index >= 15 is 0 Å². The molecule has 2 nitrogen and oxygen atoms in total. The van der Waals surface area contributed by atoms with Crippen molar-refractivity contribution in [3.63, 3.8) is 0 Å². The van der Waals surface area contributed by atoms with Gasteiger partial charge in [0.15, 0.2) is 0 Å². The summed E-state index contributed by atoms with van der Waals surface area (Å²) in [5.41, 5.74) is 1.43. The predicted octanol–water partition coefficient (Wildman–Crippen LogP) is 5.56. The Morgan fingerprint density at radius 2 is 1.90 bits per heavy atom. The number of benzene rings is 2. The van der Waals surface area contributed by atoms with Crippen LogP contribution in [-0.2, 0) is 0 Å². The van der Waals surface area contributed by atoms with E-state index in [-0.39, 0.29) is 0 Å². The van der Waals surface area contributed by atoms with Crippen LogP contribution in [-0.4, -0.2) is 12.2 Å². The Bertz CT molecular complexity index is 649.